The Kier molecular flexibility index (Phi) is 9.35. The summed E-state index contributed by atoms with van der Waals surface area (Å²) in [6, 6.07) is 21.3. The molecule has 0 aliphatic heterocycles. The number of aliphatic hydroxyl groups excluding tert-OH is 1. The number of hydrogen-bond donors (Lipinski definition) is 1. The fourth-order valence-electron chi connectivity index (χ4n) is 3.55. The highest BCUT2D eigenvalue weighted by molar-refractivity contribution is 6.99. The normalized spacial score (nSPS) is 12.3. The smallest absolute Gasteiger partial charge is 0.261 e. The number of rotatable bonds is 12. The first-order chi connectivity index (χ1) is 13.5. The van der Waals surface area contributed by atoms with Gasteiger partial charge in [0.05, 0.1) is 26.4 Å². The monoisotopic (exact) mass is 402 g/mol. The molecule has 0 aliphatic carbocycles. The lowest BCUT2D eigenvalue weighted by Crippen LogP contribution is -2.66. The van der Waals surface area contributed by atoms with Gasteiger partial charge in [0.25, 0.3) is 8.32 Å². The zero-order chi connectivity index (χ0) is 20.3. The van der Waals surface area contributed by atoms with Gasteiger partial charge >= 0.3 is 0 Å². The minimum Gasteiger partial charge on any atom is -0.405 e. The molecule has 2 rings (SSSR count). The number of ether oxygens (including phenoxy) is 2. The molecule has 2 aromatic rings. The Bertz CT molecular complexity index is 616. The molecular weight excluding hydrogens is 368 g/mol. The Labute approximate surface area is 170 Å². The molecule has 154 valence electrons. The molecule has 4 nitrogen and oxygen atoms in total. The van der Waals surface area contributed by atoms with Crippen LogP contribution in [0.15, 0.2) is 60.7 Å². The topological polar surface area (TPSA) is 47.9 Å². The molecule has 0 radical (unpaired) electrons. The van der Waals surface area contributed by atoms with Crippen LogP contribution >= 0.6 is 0 Å². The summed E-state index contributed by atoms with van der Waals surface area (Å²) in [5.41, 5.74) is 0. The van der Waals surface area contributed by atoms with Crippen molar-refractivity contribution in [1.29, 1.82) is 0 Å². The highest BCUT2D eigenvalue weighted by atomic mass is 28.4. The quantitative estimate of drug-likeness (QED) is 0.438. The maximum atomic E-state index is 8.70. The minimum absolute atomic E-state index is 0.0200. The second-order valence-electron chi connectivity index (χ2n) is 7.81. The van der Waals surface area contributed by atoms with Crippen molar-refractivity contribution < 1.29 is 19.0 Å². The van der Waals surface area contributed by atoms with Gasteiger partial charge in [0.15, 0.2) is 0 Å². The van der Waals surface area contributed by atoms with Crippen molar-refractivity contribution in [2.24, 2.45) is 0 Å². The molecule has 5 heteroatoms. The van der Waals surface area contributed by atoms with Crippen molar-refractivity contribution in [3.8, 4) is 0 Å². The number of aliphatic hydroxyl groups is 1. The number of benzene rings is 2. The molecule has 0 spiro atoms. The molecule has 1 N–H and O–H groups in total. The van der Waals surface area contributed by atoms with E-state index in [1.54, 1.807) is 0 Å². The third-order valence-electron chi connectivity index (χ3n) is 4.78. The van der Waals surface area contributed by atoms with E-state index in [0.29, 0.717) is 33.0 Å². The van der Waals surface area contributed by atoms with E-state index in [2.05, 4.69) is 81.4 Å². The lowest BCUT2D eigenvalue weighted by molar-refractivity contribution is 0.0543. The van der Waals surface area contributed by atoms with Gasteiger partial charge in [-0.2, -0.15) is 0 Å². The second-order valence-corrected chi connectivity index (χ2v) is 12.1. The lowest BCUT2D eigenvalue weighted by Gasteiger charge is -2.43. The predicted octanol–water partition coefficient (Wildman–Crippen LogP) is 2.98. The molecule has 0 aliphatic rings. The predicted molar refractivity (Wildman–Crippen MR) is 117 cm³/mol. The van der Waals surface area contributed by atoms with Crippen molar-refractivity contribution in [3.05, 3.63) is 60.7 Å². The third-order valence-corrected chi connectivity index (χ3v) is 9.82. The summed E-state index contributed by atoms with van der Waals surface area (Å²) in [6.07, 6.45) is 0.819. The second kappa shape index (κ2) is 11.5. The van der Waals surface area contributed by atoms with E-state index in [-0.39, 0.29) is 11.6 Å². The standard InChI is InChI=1S/C23H34O4Si/c1-23(2,3)28(21-11-6-4-7-12-21,22-13-8-5-9-14-22)27-20-19-26-17-10-16-25-18-15-24/h4-9,11-14,24H,10,15-20H2,1-3H3. The maximum absolute atomic E-state index is 8.70. The molecule has 0 bridgehead atoms. The van der Waals surface area contributed by atoms with Crippen LogP contribution in [0.4, 0.5) is 0 Å². The average Bonchev–Trinajstić information content (AvgIpc) is 2.70. The van der Waals surface area contributed by atoms with Crippen molar-refractivity contribution in [2.75, 3.05) is 39.6 Å². The van der Waals surface area contributed by atoms with Crippen LogP contribution in [0, 0.1) is 0 Å². The van der Waals surface area contributed by atoms with E-state index in [0.717, 1.165) is 6.42 Å². The van der Waals surface area contributed by atoms with Crippen molar-refractivity contribution in [2.45, 2.75) is 32.2 Å². The van der Waals surface area contributed by atoms with E-state index < -0.39 is 8.32 Å². The first kappa shape index (κ1) is 22.8. The Morgan fingerprint density at radius 3 is 1.68 bits per heavy atom. The van der Waals surface area contributed by atoms with Crippen LogP contribution in [0.5, 0.6) is 0 Å². The molecule has 28 heavy (non-hydrogen) atoms. The Morgan fingerprint density at radius 2 is 1.21 bits per heavy atom. The van der Waals surface area contributed by atoms with Gasteiger partial charge in [0.2, 0.25) is 0 Å². The summed E-state index contributed by atoms with van der Waals surface area (Å²) >= 11 is 0. The van der Waals surface area contributed by atoms with Crippen molar-refractivity contribution >= 4 is 18.7 Å². The number of hydrogen-bond acceptors (Lipinski definition) is 4. The molecule has 0 heterocycles. The van der Waals surface area contributed by atoms with Gasteiger partial charge < -0.3 is 19.0 Å². The third kappa shape index (κ3) is 6.00. The van der Waals surface area contributed by atoms with Crippen LogP contribution in [0.2, 0.25) is 5.04 Å². The summed E-state index contributed by atoms with van der Waals surface area (Å²) < 4.78 is 17.8. The van der Waals surface area contributed by atoms with Crippen LogP contribution in [0.1, 0.15) is 27.2 Å². The zero-order valence-corrected chi connectivity index (χ0v) is 18.4. The molecular formula is C23H34O4Si. The zero-order valence-electron chi connectivity index (χ0n) is 17.4. The fourth-order valence-corrected chi connectivity index (χ4v) is 8.09. The van der Waals surface area contributed by atoms with Gasteiger partial charge in [-0.15, -0.1) is 0 Å². The summed E-state index contributed by atoms with van der Waals surface area (Å²) in [4.78, 5) is 0. The molecule has 0 atom stereocenters. The van der Waals surface area contributed by atoms with E-state index in [1.165, 1.54) is 10.4 Å². The molecule has 0 amide bonds. The first-order valence-electron chi connectivity index (χ1n) is 10.0. The van der Waals surface area contributed by atoms with E-state index >= 15 is 0 Å². The van der Waals surface area contributed by atoms with E-state index in [4.69, 9.17) is 19.0 Å². The highest BCUT2D eigenvalue weighted by Crippen LogP contribution is 2.36. The van der Waals surface area contributed by atoms with Gasteiger partial charge in [-0.3, -0.25) is 0 Å². The molecule has 0 unspecified atom stereocenters. The molecule has 0 saturated carbocycles. The van der Waals surface area contributed by atoms with Gasteiger partial charge in [-0.25, -0.2) is 0 Å². The van der Waals surface area contributed by atoms with E-state index in [1.807, 2.05) is 0 Å². The van der Waals surface area contributed by atoms with Crippen LogP contribution < -0.4 is 10.4 Å². The van der Waals surface area contributed by atoms with Crippen molar-refractivity contribution in [3.63, 3.8) is 0 Å². The average molecular weight is 403 g/mol. The minimum atomic E-state index is -2.47. The Hall–Kier alpha value is -1.50. The molecule has 0 saturated heterocycles. The SMILES string of the molecule is CC(C)(C)[Si](OCCOCCCOCCO)(c1ccccc1)c1ccccc1. The van der Waals surface area contributed by atoms with Crippen LogP contribution in [0.3, 0.4) is 0 Å². The highest BCUT2D eigenvalue weighted by Gasteiger charge is 2.49. The summed E-state index contributed by atoms with van der Waals surface area (Å²) in [5.74, 6) is 0. The summed E-state index contributed by atoms with van der Waals surface area (Å²) in [6.45, 7) is 9.64. The summed E-state index contributed by atoms with van der Waals surface area (Å²) in [7, 11) is -2.47. The maximum Gasteiger partial charge on any atom is 0.261 e. The van der Waals surface area contributed by atoms with Gasteiger partial charge in [0, 0.05) is 13.2 Å². The van der Waals surface area contributed by atoms with E-state index in [9.17, 15) is 0 Å². The van der Waals surface area contributed by atoms with Crippen LogP contribution in [0.25, 0.3) is 0 Å². The molecule has 0 fully saturated rings. The molecule has 2 aromatic carbocycles. The van der Waals surface area contributed by atoms with Gasteiger partial charge in [-0.1, -0.05) is 81.4 Å². The van der Waals surface area contributed by atoms with Crippen molar-refractivity contribution in [1.82, 2.24) is 0 Å². The molecule has 0 aromatic heterocycles. The Morgan fingerprint density at radius 1 is 0.714 bits per heavy atom. The van der Waals surface area contributed by atoms with Gasteiger partial charge in [-0.05, 0) is 21.8 Å². The largest absolute Gasteiger partial charge is 0.405 e. The fraction of sp³-hybridized carbons (Fsp3) is 0.478. The first-order valence-corrected chi connectivity index (χ1v) is 11.9. The van der Waals surface area contributed by atoms with Crippen LogP contribution in [-0.4, -0.2) is 53.1 Å². The lowest BCUT2D eigenvalue weighted by atomic mass is 10.2. The summed E-state index contributed by atoms with van der Waals surface area (Å²) in [5, 5.41) is 11.2. The van der Waals surface area contributed by atoms with Gasteiger partial charge in [0.1, 0.15) is 0 Å². The van der Waals surface area contributed by atoms with Crippen LogP contribution in [-0.2, 0) is 13.9 Å². The Balaban J connectivity index is 2.08.